The number of hydrogen-bond donors (Lipinski definition) is 2. The predicted octanol–water partition coefficient (Wildman–Crippen LogP) is 1.51. The minimum absolute atomic E-state index is 0.0171. The molecule has 0 amide bonds. The van der Waals surface area contributed by atoms with Crippen molar-refractivity contribution in [3.8, 4) is 0 Å². The van der Waals surface area contributed by atoms with Crippen LogP contribution in [0.25, 0.3) is 0 Å². The van der Waals surface area contributed by atoms with Gasteiger partial charge in [0.05, 0.1) is 18.1 Å². The number of carboxylic acids is 1. The van der Waals surface area contributed by atoms with E-state index in [0.717, 1.165) is 11.8 Å². The number of aromatic nitrogens is 4. The van der Waals surface area contributed by atoms with E-state index in [-0.39, 0.29) is 21.4 Å². The van der Waals surface area contributed by atoms with Gasteiger partial charge in [-0.3, -0.25) is 4.98 Å². The van der Waals surface area contributed by atoms with Gasteiger partial charge in [-0.05, 0) is 6.92 Å². The van der Waals surface area contributed by atoms with E-state index in [9.17, 15) is 9.59 Å². The van der Waals surface area contributed by atoms with E-state index in [1.54, 1.807) is 0 Å². The summed E-state index contributed by atoms with van der Waals surface area (Å²) in [7, 11) is 0. The minimum atomic E-state index is -1.14. The van der Waals surface area contributed by atoms with Gasteiger partial charge in [0, 0.05) is 11.4 Å². The van der Waals surface area contributed by atoms with Crippen molar-refractivity contribution in [1.29, 1.82) is 0 Å². The highest BCUT2D eigenvalue weighted by atomic mass is 35.5. The Morgan fingerprint density at radius 2 is 2.20 bits per heavy atom. The van der Waals surface area contributed by atoms with Gasteiger partial charge >= 0.3 is 11.7 Å². The van der Waals surface area contributed by atoms with Crippen molar-refractivity contribution < 1.29 is 9.90 Å². The average Bonchev–Trinajstić information content (AvgIpc) is 2.36. The van der Waals surface area contributed by atoms with Crippen LogP contribution in [0.15, 0.2) is 22.2 Å². The molecule has 0 fully saturated rings. The molecule has 0 unspecified atom stereocenters. The summed E-state index contributed by atoms with van der Waals surface area (Å²) in [6.07, 6.45) is 2.88. The summed E-state index contributed by atoms with van der Waals surface area (Å²) in [4.78, 5) is 36.5. The number of aromatic carboxylic acids is 1. The zero-order valence-corrected chi connectivity index (χ0v) is 11.8. The summed E-state index contributed by atoms with van der Waals surface area (Å²) in [5, 5.41) is 9.57. The van der Waals surface area contributed by atoms with E-state index in [2.05, 4.69) is 19.9 Å². The third kappa shape index (κ3) is 3.34. The molecule has 2 aromatic heterocycles. The van der Waals surface area contributed by atoms with Crippen LogP contribution < -0.4 is 5.69 Å². The number of aromatic amines is 1. The molecule has 2 aromatic rings. The van der Waals surface area contributed by atoms with Crippen LogP contribution in [0.4, 0.5) is 0 Å². The second-order valence-corrected chi connectivity index (χ2v) is 5.12. The summed E-state index contributed by atoms with van der Waals surface area (Å²) < 4.78 is 0. The Balaban J connectivity index is 2.27. The maximum atomic E-state index is 11.3. The van der Waals surface area contributed by atoms with Gasteiger partial charge in [-0.25, -0.2) is 14.6 Å². The topological polar surface area (TPSA) is 109 Å². The predicted molar refractivity (Wildman–Crippen MR) is 73.2 cm³/mol. The zero-order valence-electron chi connectivity index (χ0n) is 10.3. The van der Waals surface area contributed by atoms with Crippen LogP contribution in [-0.2, 0) is 5.75 Å². The third-order valence-corrected chi connectivity index (χ3v) is 3.53. The summed E-state index contributed by atoms with van der Waals surface area (Å²) in [5.41, 5.74) is 0.270. The van der Waals surface area contributed by atoms with Gasteiger partial charge in [-0.1, -0.05) is 23.4 Å². The summed E-state index contributed by atoms with van der Waals surface area (Å²) in [6, 6.07) is 0. The molecule has 9 heteroatoms. The number of nitrogens with one attached hydrogen (secondary N) is 1. The second kappa shape index (κ2) is 6.02. The first kappa shape index (κ1) is 14.5. The van der Waals surface area contributed by atoms with E-state index >= 15 is 0 Å². The summed E-state index contributed by atoms with van der Waals surface area (Å²) in [5.74, 6) is -0.809. The molecule has 2 heterocycles. The quantitative estimate of drug-likeness (QED) is 0.650. The number of halogens is 1. The van der Waals surface area contributed by atoms with E-state index in [1.807, 2.05) is 0 Å². The Kier molecular flexibility index (Phi) is 4.35. The molecule has 0 spiro atoms. The first-order valence-corrected chi connectivity index (χ1v) is 6.77. The van der Waals surface area contributed by atoms with Crippen molar-refractivity contribution in [1.82, 2.24) is 19.9 Å². The molecule has 2 N–H and O–H groups in total. The van der Waals surface area contributed by atoms with Gasteiger partial charge in [-0.2, -0.15) is 4.98 Å². The first-order chi connectivity index (χ1) is 9.47. The average molecular weight is 313 g/mol. The lowest BCUT2D eigenvalue weighted by molar-refractivity contribution is 0.0690. The fourth-order valence-corrected chi connectivity index (χ4v) is 2.54. The molecule has 7 nitrogen and oxygen atoms in total. The number of rotatable bonds is 4. The largest absolute Gasteiger partial charge is 0.478 e. The highest BCUT2D eigenvalue weighted by Crippen LogP contribution is 2.24. The van der Waals surface area contributed by atoms with Crippen LogP contribution in [0.2, 0.25) is 5.15 Å². The van der Waals surface area contributed by atoms with E-state index < -0.39 is 11.7 Å². The van der Waals surface area contributed by atoms with Gasteiger partial charge in [0.25, 0.3) is 0 Å². The van der Waals surface area contributed by atoms with Gasteiger partial charge in [0.2, 0.25) is 0 Å². The maximum Gasteiger partial charge on any atom is 0.346 e. The van der Waals surface area contributed by atoms with Crippen LogP contribution in [-0.4, -0.2) is 31.0 Å². The highest BCUT2D eigenvalue weighted by molar-refractivity contribution is 7.98. The molecule has 0 aliphatic rings. The SMILES string of the molecule is Cc1[nH]c(=O)nc(SCc2cnc(Cl)cn2)c1C(=O)O. The van der Waals surface area contributed by atoms with Crippen molar-refractivity contribution in [2.75, 3.05) is 0 Å². The monoisotopic (exact) mass is 312 g/mol. The first-order valence-electron chi connectivity index (χ1n) is 5.41. The molecule has 0 bridgehead atoms. The van der Waals surface area contributed by atoms with E-state index in [0.29, 0.717) is 11.4 Å². The van der Waals surface area contributed by atoms with Gasteiger partial charge in [0.1, 0.15) is 15.7 Å². The normalized spacial score (nSPS) is 10.5. The maximum absolute atomic E-state index is 11.3. The van der Waals surface area contributed by atoms with Crippen molar-refractivity contribution in [2.24, 2.45) is 0 Å². The lowest BCUT2D eigenvalue weighted by atomic mass is 10.2. The number of aryl methyl sites for hydroxylation is 1. The van der Waals surface area contributed by atoms with E-state index in [1.165, 1.54) is 19.3 Å². The fourth-order valence-electron chi connectivity index (χ4n) is 1.47. The lowest BCUT2D eigenvalue weighted by Crippen LogP contribution is -2.18. The van der Waals surface area contributed by atoms with Crippen LogP contribution in [0.5, 0.6) is 0 Å². The van der Waals surface area contributed by atoms with Crippen LogP contribution in [0, 0.1) is 6.92 Å². The molecule has 0 saturated carbocycles. The number of H-pyrrole nitrogens is 1. The van der Waals surface area contributed by atoms with Crippen molar-refractivity contribution >= 4 is 29.3 Å². The number of thioether (sulfide) groups is 1. The van der Waals surface area contributed by atoms with Crippen LogP contribution in [0.1, 0.15) is 21.7 Å². The van der Waals surface area contributed by atoms with Gasteiger partial charge in [-0.15, -0.1) is 0 Å². The van der Waals surface area contributed by atoms with Crippen molar-refractivity contribution in [2.45, 2.75) is 17.7 Å². The fraction of sp³-hybridized carbons (Fsp3) is 0.182. The Morgan fingerprint density at radius 3 is 2.80 bits per heavy atom. The molecule has 104 valence electrons. The van der Waals surface area contributed by atoms with Crippen molar-refractivity contribution in [3.63, 3.8) is 0 Å². The summed E-state index contributed by atoms with van der Waals surface area (Å²) >= 11 is 6.73. The Hall–Kier alpha value is -1.93. The smallest absolute Gasteiger partial charge is 0.346 e. The molecule has 0 saturated heterocycles. The molecule has 0 radical (unpaired) electrons. The van der Waals surface area contributed by atoms with E-state index in [4.69, 9.17) is 16.7 Å². The number of hydrogen-bond acceptors (Lipinski definition) is 6. The minimum Gasteiger partial charge on any atom is -0.478 e. The Bertz CT molecular complexity index is 702. The van der Waals surface area contributed by atoms with Crippen molar-refractivity contribution in [3.05, 3.63) is 45.0 Å². The second-order valence-electron chi connectivity index (χ2n) is 3.77. The summed E-state index contributed by atoms with van der Waals surface area (Å²) in [6.45, 7) is 1.51. The Labute approximate surface area is 122 Å². The van der Waals surface area contributed by atoms with Crippen LogP contribution >= 0.6 is 23.4 Å². The third-order valence-electron chi connectivity index (χ3n) is 2.33. The lowest BCUT2D eigenvalue weighted by Gasteiger charge is -2.06. The Morgan fingerprint density at radius 1 is 1.45 bits per heavy atom. The molecule has 0 atom stereocenters. The van der Waals surface area contributed by atoms with Gasteiger partial charge < -0.3 is 10.1 Å². The molecule has 2 rings (SSSR count). The van der Waals surface area contributed by atoms with Gasteiger partial charge in [0.15, 0.2) is 0 Å². The molecular weight excluding hydrogens is 304 g/mol. The standard InChI is InChI=1S/C11H9ClN4O3S/c1-5-8(10(17)18)9(16-11(19)15-5)20-4-6-2-14-7(12)3-13-6/h2-3H,4H2,1H3,(H,17,18)(H,15,16,19). The number of carbonyl (C=O) groups is 1. The number of carboxylic acid groups (broad SMARTS) is 1. The number of nitrogens with zero attached hydrogens (tertiary/aromatic N) is 3. The molecular formula is C11H9ClN4O3S. The molecule has 20 heavy (non-hydrogen) atoms. The molecule has 0 aromatic carbocycles. The zero-order chi connectivity index (χ0) is 14.7. The van der Waals surface area contributed by atoms with Crippen LogP contribution in [0.3, 0.4) is 0 Å². The molecule has 0 aliphatic heterocycles. The molecule has 0 aliphatic carbocycles. The highest BCUT2D eigenvalue weighted by Gasteiger charge is 2.17.